The van der Waals surface area contributed by atoms with Crippen LogP contribution in [0.4, 0.5) is 17.6 Å². The Morgan fingerprint density at radius 3 is 2.31 bits per heavy atom. The minimum atomic E-state index is -3.32. The summed E-state index contributed by atoms with van der Waals surface area (Å²) in [6.45, 7) is 0.499. The van der Waals surface area contributed by atoms with Crippen LogP contribution in [0.25, 0.3) is 11.1 Å². The molecular formula is C30H28F4N4O4. The molecule has 1 saturated carbocycles. The van der Waals surface area contributed by atoms with Crippen LogP contribution in [0.3, 0.4) is 0 Å². The van der Waals surface area contributed by atoms with Crippen molar-refractivity contribution >= 4 is 17.7 Å². The second kappa shape index (κ2) is 10.1. The van der Waals surface area contributed by atoms with Gasteiger partial charge in [0.05, 0.1) is 12.0 Å². The third-order valence-corrected chi connectivity index (χ3v) is 9.17. The fraction of sp³-hybridized carbons (Fsp3) is 0.467. The SMILES string of the molecule is N#C[C@@H](C[C@H]1CCCNC1=O)NC(=O)[C@@H]1[C@H]2CC[C@H](CC2(F)F)N1C(=O)C1(O)c2cc(F)ccc2-c2ccc(F)cc21. The van der Waals surface area contributed by atoms with Gasteiger partial charge in [-0.05, 0) is 67.5 Å². The average Bonchev–Trinajstić information content (AvgIpc) is 3.20. The highest BCUT2D eigenvalue weighted by atomic mass is 19.3. The van der Waals surface area contributed by atoms with Crippen molar-refractivity contribution in [3.63, 3.8) is 0 Å². The Morgan fingerprint density at radius 2 is 1.74 bits per heavy atom. The van der Waals surface area contributed by atoms with Crippen LogP contribution in [0.1, 0.15) is 49.7 Å². The van der Waals surface area contributed by atoms with Crippen LogP contribution in [-0.4, -0.2) is 58.3 Å². The highest BCUT2D eigenvalue weighted by molar-refractivity contribution is 6.01. The van der Waals surface area contributed by atoms with E-state index in [4.69, 9.17) is 0 Å². The number of rotatable bonds is 5. The zero-order valence-corrected chi connectivity index (χ0v) is 22.4. The fourth-order valence-electron chi connectivity index (χ4n) is 7.21. The molecule has 3 saturated heterocycles. The topological polar surface area (TPSA) is 123 Å². The highest BCUT2D eigenvalue weighted by Crippen LogP contribution is 2.54. The summed E-state index contributed by atoms with van der Waals surface area (Å²) in [4.78, 5) is 41.3. The van der Waals surface area contributed by atoms with Crippen LogP contribution < -0.4 is 10.6 Å². The maximum Gasteiger partial charge on any atom is 0.264 e. The maximum absolute atomic E-state index is 15.2. The lowest BCUT2D eigenvalue weighted by atomic mass is 9.70. The van der Waals surface area contributed by atoms with Gasteiger partial charge in [0.25, 0.3) is 11.8 Å². The summed E-state index contributed by atoms with van der Waals surface area (Å²) >= 11 is 0. The molecule has 0 spiro atoms. The van der Waals surface area contributed by atoms with Crippen LogP contribution in [-0.2, 0) is 20.0 Å². The van der Waals surface area contributed by atoms with Gasteiger partial charge in [-0.1, -0.05) is 12.1 Å². The Hall–Kier alpha value is -3.98. The summed E-state index contributed by atoms with van der Waals surface area (Å²) in [6.07, 6.45) is 0.432. The van der Waals surface area contributed by atoms with Gasteiger partial charge < -0.3 is 20.6 Å². The van der Waals surface area contributed by atoms with E-state index in [1.807, 2.05) is 6.07 Å². The van der Waals surface area contributed by atoms with Gasteiger partial charge in [-0.15, -0.1) is 0 Å². The molecule has 0 unspecified atom stereocenters. The predicted molar refractivity (Wildman–Crippen MR) is 139 cm³/mol. The Labute approximate surface area is 238 Å². The first-order valence-electron chi connectivity index (χ1n) is 14.0. The molecule has 3 N–H and O–H groups in total. The van der Waals surface area contributed by atoms with Crippen molar-refractivity contribution in [1.82, 2.24) is 15.5 Å². The molecule has 2 aliphatic carbocycles. The lowest BCUT2D eigenvalue weighted by Gasteiger charge is -2.54. The van der Waals surface area contributed by atoms with Crippen molar-refractivity contribution in [2.24, 2.45) is 11.8 Å². The summed E-state index contributed by atoms with van der Waals surface area (Å²) in [7, 11) is 0. The predicted octanol–water partition coefficient (Wildman–Crippen LogP) is 3.12. The van der Waals surface area contributed by atoms with Gasteiger partial charge in [-0.3, -0.25) is 14.4 Å². The number of amides is 3. The first kappa shape index (κ1) is 28.2. The monoisotopic (exact) mass is 584 g/mol. The summed E-state index contributed by atoms with van der Waals surface area (Å²) in [6, 6.07) is 4.60. The van der Waals surface area contributed by atoms with Crippen molar-refractivity contribution in [3.05, 3.63) is 59.2 Å². The maximum atomic E-state index is 15.2. The Kier molecular flexibility index (Phi) is 6.76. The van der Waals surface area contributed by atoms with Gasteiger partial charge in [-0.2, -0.15) is 5.26 Å². The van der Waals surface area contributed by atoms with Gasteiger partial charge >= 0.3 is 0 Å². The third kappa shape index (κ3) is 4.33. The van der Waals surface area contributed by atoms with Crippen LogP contribution >= 0.6 is 0 Å². The molecule has 2 aromatic carbocycles. The second-order valence-electron chi connectivity index (χ2n) is 11.6. The van der Waals surface area contributed by atoms with Crippen LogP contribution in [0.15, 0.2) is 36.4 Å². The number of aliphatic hydroxyl groups is 1. The number of nitrogens with zero attached hydrogens (tertiary/aromatic N) is 2. The Bertz CT molecular complexity index is 1470. The summed E-state index contributed by atoms with van der Waals surface area (Å²) < 4.78 is 59.4. The van der Waals surface area contributed by atoms with E-state index in [1.54, 1.807) is 0 Å². The van der Waals surface area contributed by atoms with E-state index in [-0.39, 0.29) is 47.4 Å². The minimum absolute atomic E-state index is 0.0392. The average molecular weight is 585 g/mol. The molecule has 2 bridgehead atoms. The number of hydrogen-bond acceptors (Lipinski definition) is 5. The molecule has 4 fully saturated rings. The van der Waals surface area contributed by atoms with Crippen LogP contribution in [0, 0.1) is 34.8 Å². The van der Waals surface area contributed by atoms with E-state index in [2.05, 4.69) is 10.6 Å². The quantitative estimate of drug-likeness (QED) is 0.467. The van der Waals surface area contributed by atoms with Gasteiger partial charge in [0.15, 0.2) is 5.60 Å². The molecule has 3 aliphatic heterocycles. The molecular weight excluding hydrogens is 556 g/mol. The van der Waals surface area contributed by atoms with Gasteiger partial charge in [0.2, 0.25) is 11.8 Å². The highest BCUT2D eigenvalue weighted by Gasteiger charge is 2.63. The van der Waals surface area contributed by atoms with Crippen molar-refractivity contribution in [3.8, 4) is 17.2 Å². The number of piperidine rings is 3. The largest absolute Gasteiger partial charge is 0.372 e. The number of carbonyl (C=O) groups excluding carboxylic acids is 3. The number of halogens is 4. The lowest BCUT2D eigenvalue weighted by Crippen LogP contribution is -2.70. The molecule has 0 radical (unpaired) electrons. The molecule has 12 heteroatoms. The molecule has 42 heavy (non-hydrogen) atoms. The molecule has 3 amide bonds. The Morgan fingerprint density at radius 1 is 1.10 bits per heavy atom. The molecule has 8 nitrogen and oxygen atoms in total. The van der Waals surface area contributed by atoms with Crippen LogP contribution in [0.5, 0.6) is 0 Å². The lowest BCUT2D eigenvalue weighted by molar-refractivity contribution is -0.201. The number of alkyl halides is 2. The summed E-state index contributed by atoms with van der Waals surface area (Å²) in [5.41, 5.74) is -2.48. The van der Waals surface area contributed by atoms with E-state index in [0.717, 1.165) is 29.2 Å². The van der Waals surface area contributed by atoms with E-state index in [1.165, 1.54) is 12.1 Å². The molecule has 5 atom stereocenters. The van der Waals surface area contributed by atoms with E-state index >= 15 is 8.78 Å². The molecule has 3 heterocycles. The summed E-state index contributed by atoms with van der Waals surface area (Å²) in [5, 5.41) is 27.0. The second-order valence-corrected chi connectivity index (χ2v) is 11.6. The van der Waals surface area contributed by atoms with Gasteiger partial charge in [-0.25, -0.2) is 17.6 Å². The van der Waals surface area contributed by atoms with Crippen LogP contribution in [0.2, 0.25) is 0 Å². The third-order valence-electron chi connectivity index (χ3n) is 9.17. The number of hydrogen-bond donors (Lipinski definition) is 3. The van der Waals surface area contributed by atoms with Crippen molar-refractivity contribution in [2.45, 2.75) is 68.2 Å². The molecule has 5 aliphatic rings. The summed E-state index contributed by atoms with van der Waals surface area (Å²) in [5.74, 6) is -9.48. The zero-order valence-electron chi connectivity index (χ0n) is 22.4. The van der Waals surface area contributed by atoms with Crippen molar-refractivity contribution < 1.29 is 37.1 Å². The molecule has 0 aromatic heterocycles. The first-order chi connectivity index (χ1) is 20.0. The number of nitrogens with one attached hydrogen (secondary N) is 2. The number of fused-ring (bicyclic) bond motifs is 6. The van der Waals surface area contributed by atoms with Gasteiger partial charge in [0.1, 0.15) is 23.7 Å². The number of carbonyl (C=O) groups is 3. The first-order valence-corrected chi connectivity index (χ1v) is 14.0. The number of benzene rings is 2. The van der Waals surface area contributed by atoms with E-state index in [0.29, 0.717) is 19.4 Å². The molecule has 220 valence electrons. The normalized spacial score (nSPS) is 27.3. The fourth-order valence-corrected chi connectivity index (χ4v) is 7.21. The van der Waals surface area contributed by atoms with E-state index < -0.39 is 71.4 Å². The van der Waals surface area contributed by atoms with E-state index in [9.17, 15) is 33.5 Å². The van der Waals surface area contributed by atoms with Crippen molar-refractivity contribution in [2.75, 3.05) is 6.54 Å². The van der Waals surface area contributed by atoms with Gasteiger partial charge in [0, 0.05) is 36.1 Å². The van der Waals surface area contributed by atoms with Crippen molar-refractivity contribution in [1.29, 1.82) is 5.26 Å². The zero-order chi connectivity index (χ0) is 30.0. The number of nitriles is 1. The molecule has 7 rings (SSSR count). The minimum Gasteiger partial charge on any atom is -0.372 e. The standard InChI is InChI=1S/C30H28F4N4O4/c31-16-3-6-20-21-7-4-17(32)12-24(21)30(42,23(20)11-16)28(41)38-19-5-8-22(29(33,34)13-19)25(38)27(40)37-18(14-35)10-15-2-1-9-36-26(15)39/h3-4,6-7,11-12,15,18-19,22,25,42H,1-2,5,8-10,13H2,(H,36,39)(H,37,40)/t15-,18-,19-,22-,25+/m1/s1. The Balaban J connectivity index is 1.38. The smallest absolute Gasteiger partial charge is 0.264 e. The molecule has 2 aromatic rings.